The zero-order chi connectivity index (χ0) is 26.0. The Balaban J connectivity index is 0.991. The SMILES string of the molecule is Nc1nc2c(ncn2[C@@H]2OC(OC3CC[C@H]4C[C@H](n5cnc6c(N)ncnc65)O[C@@H]4CO3)C[C@H]2O)c(=O)[nH]1. The van der Waals surface area contributed by atoms with Gasteiger partial charge in [-0.1, -0.05) is 0 Å². The third kappa shape index (κ3) is 3.88. The van der Waals surface area contributed by atoms with Crippen LogP contribution in [0.4, 0.5) is 11.8 Å². The zero-order valence-electron chi connectivity index (χ0n) is 20.1. The highest BCUT2D eigenvalue weighted by Gasteiger charge is 2.42. The molecule has 0 saturated carbocycles. The molecular formula is C22H26N10O6. The van der Waals surface area contributed by atoms with Gasteiger partial charge in [0, 0.05) is 6.42 Å². The molecule has 3 saturated heterocycles. The van der Waals surface area contributed by atoms with Crippen LogP contribution in [0.3, 0.4) is 0 Å². The first-order valence-corrected chi connectivity index (χ1v) is 12.4. The van der Waals surface area contributed by atoms with E-state index < -0.39 is 30.5 Å². The van der Waals surface area contributed by atoms with Crippen LogP contribution in [0, 0.1) is 5.92 Å². The number of aliphatic hydroxyl groups excluding tert-OH is 1. The maximum Gasteiger partial charge on any atom is 0.280 e. The quantitative estimate of drug-likeness (QED) is 0.271. The number of imidazole rings is 2. The predicted octanol–water partition coefficient (Wildman–Crippen LogP) is -0.213. The molecule has 0 aromatic carbocycles. The van der Waals surface area contributed by atoms with Gasteiger partial charge >= 0.3 is 0 Å². The highest BCUT2D eigenvalue weighted by molar-refractivity contribution is 5.81. The summed E-state index contributed by atoms with van der Waals surface area (Å²) in [5.41, 5.74) is 12.7. The Hall–Kier alpha value is -3.70. The number of nitrogen functional groups attached to an aromatic ring is 2. The Bertz CT molecular complexity index is 1540. The number of fused-ring (bicyclic) bond motifs is 3. The van der Waals surface area contributed by atoms with Gasteiger partial charge in [-0.05, 0) is 25.2 Å². The summed E-state index contributed by atoms with van der Waals surface area (Å²) < 4.78 is 27.8. The molecule has 16 heteroatoms. The van der Waals surface area contributed by atoms with Crippen molar-refractivity contribution < 1.29 is 24.1 Å². The van der Waals surface area contributed by atoms with Crippen LogP contribution < -0.4 is 17.0 Å². The maximum absolute atomic E-state index is 12.1. The number of ether oxygens (including phenoxy) is 4. The summed E-state index contributed by atoms with van der Waals surface area (Å²) >= 11 is 0. The molecule has 7 rings (SSSR count). The Labute approximate surface area is 213 Å². The number of H-pyrrole nitrogens is 1. The third-order valence-electron chi connectivity index (χ3n) is 7.36. The number of nitrogens with two attached hydrogens (primary N) is 2. The van der Waals surface area contributed by atoms with Crippen molar-refractivity contribution in [2.45, 2.75) is 62.9 Å². The molecule has 0 amide bonds. The molecule has 4 aromatic rings. The van der Waals surface area contributed by atoms with E-state index in [0.717, 1.165) is 12.8 Å². The van der Waals surface area contributed by atoms with Gasteiger partial charge in [-0.15, -0.1) is 0 Å². The second-order valence-corrected chi connectivity index (χ2v) is 9.72. The van der Waals surface area contributed by atoms with Gasteiger partial charge in [0.05, 0.1) is 25.4 Å². The first-order chi connectivity index (χ1) is 18.4. The van der Waals surface area contributed by atoms with Crippen molar-refractivity contribution in [3.63, 3.8) is 0 Å². The normalized spacial score (nSPS) is 31.7. The summed E-state index contributed by atoms with van der Waals surface area (Å²) in [7, 11) is 0. The average molecular weight is 527 g/mol. The molecule has 7 heterocycles. The van der Waals surface area contributed by atoms with Crippen molar-refractivity contribution in [2.24, 2.45) is 5.92 Å². The Morgan fingerprint density at radius 2 is 1.84 bits per heavy atom. The number of nitrogens with one attached hydrogen (secondary N) is 1. The molecule has 200 valence electrons. The van der Waals surface area contributed by atoms with Crippen LogP contribution in [-0.2, 0) is 18.9 Å². The van der Waals surface area contributed by atoms with E-state index in [2.05, 4.69) is 29.9 Å². The Morgan fingerprint density at radius 1 is 1.00 bits per heavy atom. The molecule has 4 aromatic heterocycles. The van der Waals surface area contributed by atoms with Crippen LogP contribution >= 0.6 is 0 Å². The Kier molecular flexibility index (Phi) is 5.52. The van der Waals surface area contributed by atoms with Crippen molar-refractivity contribution >= 4 is 34.1 Å². The molecule has 3 aliphatic heterocycles. The summed E-state index contributed by atoms with van der Waals surface area (Å²) in [6, 6.07) is 0. The third-order valence-corrected chi connectivity index (χ3v) is 7.36. The molecule has 6 N–H and O–H groups in total. The Morgan fingerprint density at radius 3 is 2.74 bits per heavy atom. The molecule has 0 spiro atoms. The molecule has 0 aliphatic carbocycles. The van der Waals surface area contributed by atoms with E-state index in [1.165, 1.54) is 17.2 Å². The zero-order valence-corrected chi connectivity index (χ0v) is 20.1. The number of hydrogen-bond donors (Lipinski definition) is 4. The van der Waals surface area contributed by atoms with Gasteiger partial charge in [0.15, 0.2) is 41.4 Å². The second-order valence-electron chi connectivity index (χ2n) is 9.72. The lowest BCUT2D eigenvalue weighted by molar-refractivity contribution is -0.250. The average Bonchev–Trinajstić information content (AvgIpc) is 3.64. The fraction of sp³-hybridized carbons (Fsp3) is 0.545. The lowest BCUT2D eigenvalue weighted by Crippen LogP contribution is -2.26. The molecule has 0 radical (unpaired) electrons. The monoisotopic (exact) mass is 526 g/mol. The predicted molar refractivity (Wildman–Crippen MR) is 129 cm³/mol. The summed E-state index contributed by atoms with van der Waals surface area (Å²) in [5.74, 6) is 0.547. The molecule has 3 aliphatic rings. The molecule has 2 unspecified atom stereocenters. The fourth-order valence-electron chi connectivity index (χ4n) is 5.51. The van der Waals surface area contributed by atoms with Gasteiger partial charge in [0.25, 0.3) is 5.56 Å². The number of rotatable bonds is 4. The number of aromatic amines is 1. The smallest absolute Gasteiger partial charge is 0.280 e. The van der Waals surface area contributed by atoms with E-state index in [1.54, 1.807) is 6.33 Å². The van der Waals surface area contributed by atoms with E-state index >= 15 is 0 Å². The highest BCUT2D eigenvalue weighted by Crippen LogP contribution is 2.40. The van der Waals surface area contributed by atoms with E-state index in [9.17, 15) is 9.90 Å². The minimum absolute atomic E-state index is 0.0509. The number of aliphatic hydroxyl groups is 1. The van der Waals surface area contributed by atoms with Crippen LogP contribution in [-0.4, -0.2) is 75.5 Å². The lowest BCUT2D eigenvalue weighted by atomic mass is 9.96. The van der Waals surface area contributed by atoms with Crippen molar-refractivity contribution in [3.05, 3.63) is 29.3 Å². The van der Waals surface area contributed by atoms with Gasteiger partial charge in [-0.3, -0.25) is 18.9 Å². The standard InChI is InChI=1S/C22H26N10O6/c23-17-15-18(26-6-25-17)31(7-27-15)12-3-9-1-2-13(35-5-11(9)36-12)37-14-4-10(33)21(38-14)32-8-28-16-19(32)29-22(24)30-20(16)34/h6-14,21,33H,1-5H2,(H2,23,25,26)(H3,24,29,30,34)/t9-,10+,11+,12+,13?,14?,21+/m0/s1. The van der Waals surface area contributed by atoms with Gasteiger partial charge < -0.3 is 35.5 Å². The van der Waals surface area contributed by atoms with Crippen LogP contribution in [0.1, 0.15) is 38.1 Å². The van der Waals surface area contributed by atoms with E-state index in [0.29, 0.717) is 30.0 Å². The number of anilines is 2. The highest BCUT2D eigenvalue weighted by atomic mass is 16.8. The number of nitrogens with zero attached hydrogens (tertiary/aromatic N) is 7. The molecule has 16 nitrogen and oxygen atoms in total. The largest absolute Gasteiger partial charge is 0.388 e. The molecule has 0 bridgehead atoms. The first kappa shape index (κ1) is 23.4. The summed E-state index contributed by atoms with van der Waals surface area (Å²) in [5, 5.41) is 10.7. The lowest BCUT2D eigenvalue weighted by Gasteiger charge is -2.22. The molecular weight excluding hydrogens is 500 g/mol. The molecule has 38 heavy (non-hydrogen) atoms. The fourth-order valence-corrected chi connectivity index (χ4v) is 5.51. The summed E-state index contributed by atoms with van der Waals surface area (Å²) in [4.78, 5) is 35.4. The van der Waals surface area contributed by atoms with Crippen molar-refractivity contribution in [1.82, 2.24) is 39.0 Å². The minimum atomic E-state index is -0.906. The van der Waals surface area contributed by atoms with Crippen molar-refractivity contribution in [1.29, 1.82) is 0 Å². The van der Waals surface area contributed by atoms with Crippen molar-refractivity contribution in [3.8, 4) is 0 Å². The second kappa shape index (κ2) is 8.95. The van der Waals surface area contributed by atoms with Gasteiger partial charge in [0.2, 0.25) is 5.95 Å². The number of aromatic nitrogens is 8. The van der Waals surface area contributed by atoms with Crippen LogP contribution in [0.25, 0.3) is 22.3 Å². The first-order valence-electron chi connectivity index (χ1n) is 12.4. The van der Waals surface area contributed by atoms with Crippen molar-refractivity contribution in [2.75, 3.05) is 18.1 Å². The number of hydrogen-bond acceptors (Lipinski definition) is 13. The molecule has 7 atom stereocenters. The molecule has 3 fully saturated rings. The topological polar surface area (TPSA) is 216 Å². The van der Waals surface area contributed by atoms with Gasteiger partial charge in [-0.25, -0.2) is 19.9 Å². The van der Waals surface area contributed by atoms with E-state index in [1.807, 2.05) is 4.57 Å². The summed E-state index contributed by atoms with van der Waals surface area (Å²) in [6.07, 6.45) is 3.64. The van der Waals surface area contributed by atoms with Crippen LogP contribution in [0.15, 0.2) is 23.8 Å². The van der Waals surface area contributed by atoms with Gasteiger partial charge in [-0.2, -0.15) is 4.98 Å². The maximum atomic E-state index is 12.1. The van der Waals surface area contributed by atoms with E-state index in [4.69, 9.17) is 30.4 Å². The van der Waals surface area contributed by atoms with E-state index in [-0.39, 0.29) is 41.8 Å². The summed E-state index contributed by atoms with van der Waals surface area (Å²) in [6.45, 7) is 0.354. The van der Waals surface area contributed by atoms with Crippen LogP contribution in [0.5, 0.6) is 0 Å². The minimum Gasteiger partial charge on any atom is -0.388 e. The van der Waals surface area contributed by atoms with Gasteiger partial charge in [0.1, 0.15) is 24.2 Å². The van der Waals surface area contributed by atoms with Crippen LogP contribution in [0.2, 0.25) is 0 Å².